The highest BCUT2D eigenvalue weighted by Crippen LogP contribution is 2.23. The lowest BCUT2D eigenvalue weighted by molar-refractivity contribution is 0.423. The fourth-order valence-corrected chi connectivity index (χ4v) is 1.72. The molecular formula is C11H15N3O. The van der Waals surface area contributed by atoms with Gasteiger partial charge in [-0.1, -0.05) is 18.7 Å². The zero-order chi connectivity index (χ0) is 10.7. The molecule has 15 heavy (non-hydrogen) atoms. The molecule has 1 N–H and O–H groups in total. The number of hydrogen-bond acceptors (Lipinski definition) is 4. The molecule has 80 valence electrons. The number of rotatable bonds is 3. The molecular weight excluding hydrogens is 190 g/mol. The van der Waals surface area contributed by atoms with Gasteiger partial charge in [0.2, 0.25) is 11.8 Å². The molecule has 1 unspecified atom stereocenters. The van der Waals surface area contributed by atoms with Crippen LogP contribution in [0.1, 0.15) is 37.6 Å². The Labute approximate surface area is 89.1 Å². The predicted octanol–water partition coefficient (Wildman–Crippen LogP) is 2.08. The molecule has 1 saturated heterocycles. The van der Waals surface area contributed by atoms with E-state index in [1.54, 1.807) is 6.08 Å². The largest absolute Gasteiger partial charge is 0.419 e. The average Bonchev–Trinajstić information content (AvgIpc) is 2.89. The van der Waals surface area contributed by atoms with Gasteiger partial charge in [-0.3, -0.25) is 0 Å². The lowest BCUT2D eigenvalue weighted by atomic mass is 10.2. The van der Waals surface area contributed by atoms with Gasteiger partial charge in [-0.2, -0.15) is 0 Å². The molecule has 1 aliphatic heterocycles. The van der Waals surface area contributed by atoms with E-state index >= 15 is 0 Å². The van der Waals surface area contributed by atoms with Crippen molar-refractivity contribution in [3.05, 3.63) is 30.5 Å². The number of aromatic nitrogens is 2. The second-order valence-corrected chi connectivity index (χ2v) is 3.54. The predicted molar refractivity (Wildman–Crippen MR) is 58.1 cm³/mol. The van der Waals surface area contributed by atoms with E-state index in [4.69, 9.17) is 4.42 Å². The van der Waals surface area contributed by atoms with Gasteiger partial charge in [-0.25, -0.2) is 0 Å². The number of hydrogen-bond donors (Lipinski definition) is 1. The van der Waals surface area contributed by atoms with Crippen molar-refractivity contribution in [2.24, 2.45) is 0 Å². The van der Waals surface area contributed by atoms with Gasteiger partial charge >= 0.3 is 0 Å². The van der Waals surface area contributed by atoms with E-state index in [0.29, 0.717) is 11.8 Å². The van der Waals surface area contributed by atoms with Gasteiger partial charge < -0.3 is 9.73 Å². The summed E-state index contributed by atoms with van der Waals surface area (Å²) in [6, 6.07) is 0.231. The van der Waals surface area contributed by atoms with Crippen molar-refractivity contribution in [1.82, 2.24) is 15.5 Å². The van der Waals surface area contributed by atoms with Gasteiger partial charge in [-0.15, -0.1) is 10.2 Å². The van der Waals surface area contributed by atoms with E-state index in [2.05, 4.69) is 22.1 Å². The number of nitrogens with one attached hydrogen (secondary N) is 1. The molecule has 0 spiro atoms. The second-order valence-electron chi connectivity index (χ2n) is 3.54. The first-order chi connectivity index (χ1) is 7.35. The zero-order valence-electron chi connectivity index (χ0n) is 8.86. The Morgan fingerprint density at radius 1 is 1.60 bits per heavy atom. The average molecular weight is 205 g/mol. The van der Waals surface area contributed by atoms with Gasteiger partial charge in [0.25, 0.3) is 0 Å². The van der Waals surface area contributed by atoms with Crippen molar-refractivity contribution in [3.8, 4) is 0 Å². The van der Waals surface area contributed by atoms with Crippen molar-refractivity contribution < 1.29 is 4.42 Å². The van der Waals surface area contributed by atoms with Crippen LogP contribution in [-0.2, 0) is 0 Å². The summed E-state index contributed by atoms with van der Waals surface area (Å²) in [6.45, 7) is 6.66. The molecule has 0 aliphatic carbocycles. The molecule has 0 aromatic carbocycles. The molecule has 2 rings (SSSR count). The molecule has 1 aromatic rings. The lowest BCUT2D eigenvalue weighted by Crippen LogP contribution is -2.12. The highest BCUT2D eigenvalue weighted by Gasteiger charge is 2.22. The summed E-state index contributed by atoms with van der Waals surface area (Å²) in [6.07, 6.45) is 5.87. The maximum absolute atomic E-state index is 5.59. The van der Waals surface area contributed by atoms with E-state index in [1.807, 2.05) is 13.0 Å². The van der Waals surface area contributed by atoms with Crippen LogP contribution in [0.25, 0.3) is 5.57 Å². The van der Waals surface area contributed by atoms with E-state index in [0.717, 1.165) is 18.5 Å². The molecule has 0 saturated carbocycles. The van der Waals surface area contributed by atoms with E-state index in [1.165, 1.54) is 6.42 Å². The molecule has 0 amide bonds. The van der Waals surface area contributed by atoms with Crippen LogP contribution in [0.5, 0.6) is 0 Å². The first-order valence-corrected chi connectivity index (χ1v) is 5.21. The lowest BCUT2D eigenvalue weighted by Gasteiger charge is -2.02. The van der Waals surface area contributed by atoms with Crippen LogP contribution >= 0.6 is 0 Å². The molecule has 0 bridgehead atoms. The molecule has 1 fully saturated rings. The van der Waals surface area contributed by atoms with Gasteiger partial charge in [0.1, 0.15) is 0 Å². The smallest absolute Gasteiger partial charge is 0.247 e. The summed E-state index contributed by atoms with van der Waals surface area (Å²) in [5, 5.41) is 11.4. The van der Waals surface area contributed by atoms with Crippen molar-refractivity contribution >= 4 is 5.57 Å². The minimum Gasteiger partial charge on any atom is -0.419 e. The topological polar surface area (TPSA) is 51.0 Å². The first kappa shape index (κ1) is 10.1. The Morgan fingerprint density at radius 3 is 3.07 bits per heavy atom. The first-order valence-electron chi connectivity index (χ1n) is 5.21. The standard InChI is InChI=1S/C11H15N3O/c1-3-8(4-2)10-13-14-11(15-10)9-6-5-7-12-9/h3-4,9,12H,1,5-7H2,2H3. The number of nitrogens with zero attached hydrogens (tertiary/aromatic N) is 2. The monoisotopic (exact) mass is 205 g/mol. The van der Waals surface area contributed by atoms with Crippen LogP contribution in [0, 0.1) is 0 Å². The summed E-state index contributed by atoms with van der Waals surface area (Å²) in [5.74, 6) is 1.24. The van der Waals surface area contributed by atoms with Crippen molar-refractivity contribution in [3.63, 3.8) is 0 Å². The maximum Gasteiger partial charge on any atom is 0.247 e. The summed E-state index contributed by atoms with van der Waals surface area (Å²) >= 11 is 0. The third kappa shape index (κ3) is 1.99. The summed E-state index contributed by atoms with van der Waals surface area (Å²) < 4.78 is 5.59. The molecule has 1 atom stereocenters. The Kier molecular flexibility index (Phi) is 2.97. The SMILES string of the molecule is C=CC(=CC)c1nnc(C2CCCN2)o1. The molecule has 4 heteroatoms. The summed E-state index contributed by atoms with van der Waals surface area (Å²) in [4.78, 5) is 0. The van der Waals surface area contributed by atoms with Crippen molar-refractivity contribution in [1.29, 1.82) is 0 Å². The van der Waals surface area contributed by atoms with Crippen LogP contribution in [0.2, 0.25) is 0 Å². The van der Waals surface area contributed by atoms with E-state index < -0.39 is 0 Å². The van der Waals surface area contributed by atoms with Gasteiger partial charge in [-0.05, 0) is 26.3 Å². The zero-order valence-corrected chi connectivity index (χ0v) is 8.86. The van der Waals surface area contributed by atoms with Crippen LogP contribution in [0.4, 0.5) is 0 Å². The van der Waals surface area contributed by atoms with E-state index in [-0.39, 0.29) is 6.04 Å². The molecule has 2 heterocycles. The number of allylic oxidation sites excluding steroid dienone is 3. The van der Waals surface area contributed by atoms with Crippen molar-refractivity contribution in [2.45, 2.75) is 25.8 Å². The molecule has 1 aromatic heterocycles. The highest BCUT2D eigenvalue weighted by molar-refractivity contribution is 5.67. The second kappa shape index (κ2) is 4.40. The summed E-state index contributed by atoms with van der Waals surface area (Å²) in [7, 11) is 0. The summed E-state index contributed by atoms with van der Waals surface area (Å²) in [5.41, 5.74) is 0.881. The normalized spacial score (nSPS) is 21.9. The Bertz CT molecular complexity index is 375. The van der Waals surface area contributed by atoms with E-state index in [9.17, 15) is 0 Å². The van der Waals surface area contributed by atoms with Crippen LogP contribution in [0.15, 0.2) is 23.1 Å². The Balaban J connectivity index is 2.19. The van der Waals surface area contributed by atoms with Crippen LogP contribution in [0.3, 0.4) is 0 Å². The quantitative estimate of drug-likeness (QED) is 0.767. The van der Waals surface area contributed by atoms with Gasteiger partial charge in [0.05, 0.1) is 6.04 Å². The van der Waals surface area contributed by atoms with Crippen LogP contribution < -0.4 is 5.32 Å². The Hall–Kier alpha value is -1.42. The van der Waals surface area contributed by atoms with Gasteiger partial charge in [0, 0.05) is 5.57 Å². The maximum atomic E-state index is 5.59. The molecule has 0 radical (unpaired) electrons. The minimum absolute atomic E-state index is 0.231. The highest BCUT2D eigenvalue weighted by atomic mass is 16.4. The molecule has 4 nitrogen and oxygen atoms in total. The van der Waals surface area contributed by atoms with Crippen molar-refractivity contribution in [2.75, 3.05) is 6.54 Å². The van der Waals surface area contributed by atoms with Gasteiger partial charge in [0.15, 0.2) is 0 Å². The third-order valence-corrected chi connectivity index (χ3v) is 2.58. The minimum atomic E-state index is 0.231. The van der Waals surface area contributed by atoms with Crippen LogP contribution in [-0.4, -0.2) is 16.7 Å². The fraction of sp³-hybridized carbons (Fsp3) is 0.455. The molecule has 1 aliphatic rings. The third-order valence-electron chi connectivity index (χ3n) is 2.58. The fourth-order valence-electron chi connectivity index (χ4n) is 1.72. The Morgan fingerprint density at radius 2 is 2.47 bits per heavy atom.